The molecule has 5 nitrogen and oxygen atoms in total. The van der Waals surface area contributed by atoms with Gasteiger partial charge in [0.1, 0.15) is 6.33 Å². The van der Waals surface area contributed by atoms with Crippen LogP contribution < -0.4 is 10.6 Å². The Balaban J connectivity index is 1.46. The predicted octanol–water partition coefficient (Wildman–Crippen LogP) is 0.868. The van der Waals surface area contributed by atoms with E-state index in [1.165, 1.54) is 38.6 Å². The van der Waals surface area contributed by atoms with E-state index < -0.39 is 0 Å². The summed E-state index contributed by atoms with van der Waals surface area (Å²) in [6, 6.07) is 1.45. The third kappa shape index (κ3) is 3.15. The predicted molar refractivity (Wildman–Crippen MR) is 74.9 cm³/mol. The van der Waals surface area contributed by atoms with Gasteiger partial charge in [-0.25, -0.2) is 4.98 Å². The molecule has 1 saturated carbocycles. The number of rotatable bonds is 5. The second kappa shape index (κ2) is 6.01. The van der Waals surface area contributed by atoms with Gasteiger partial charge < -0.3 is 10.6 Å². The Morgan fingerprint density at radius 3 is 3.05 bits per heavy atom. The van der Waals surface area contributed by atoms with Gasteiger partial charge in [0.2, 0.25) is 0 Å². The number of aryl methyl sites for hydroxylation is 1. The lowest BCUT2D eigenvalue weighted by atomic mass is 9.93. The number of hydrogen-bond donors (Lipinski definition) is 2. The lowest BCUT2D eigenvalue weighted by molar-refractivity contribution is 0.322. The molecule has 3 unspecified atom stereocenters. The van der Waals surface area contributed by atoms with E-state index in [4.69, 9.17) is 0 Å². The van der Waals surface area contributed by atoms with E-state index in [0.717, 1.165) is 30.7 Å². The molecule has 1 aromatic heterocycles. The van der Waals surface area contributed by atoms with Crippen molar-refractivity contribution < 1.29 is 0 Å². The molecule has 2 N–H and O–H groups in total. The Kier molecular flexibility index (Phi) is 4.13. The molecule has 0 bridgehead atoms. The van der Waals surface area contributed by atoms with Gasteiger partial charge in [-0.15, -0.1) is 0 Å². The van der Waals surface area contributed by atoms with Gasteiger partial charge in [-0.2, -0.15) is 5.10 Å². The van der Waals surface area contributed by atoms with Crippen LogP contribution in [0.1, 0.15) is 37.9 Å². The smallest absolute Gasteiger partial charge is 0.151 e. The largest absolute Gasteiger partial charge is 0.314 e. The van der Waals surface area contributed by atoms with E-state index in [0.29, 0.717) is 6.04 Å². The third-order valence-corrected chi connectivity index (χ3v) is 4.59. The van der Waals surface area contributed by atoms with Crippen LogP contribution in [0.2, 0.25) is 0 Å². The first-order chi connectivity index (χ1) is 9.33. The van der Waals surface area contributed by atoms with Crippen LogP contribution in [0, 0.1) is 5.92 Å². The van der Waals surface area contributed by atoms with E-state index in [1.807, 2.05) is 7.05 Å². The Labute approximate surface area is 115 Å². The van der Waals surface area contributed by atoms with Gasteiger partial charge in [0, 0.05) is 32.1 Å². The standard InChI is InChI=1S/C14H25N5/c1-19-10-17-14(18-19)7-9-16-12-5-2-4-11(12)13-6-3-8-15-13/h10-13,15-16H,2-9H2,1H3. The van der Waals surface area contributed by atoms with E-state index in [2.05, 4.69) is 20.7 Å². The fourth-order valence-electron chi connectivity index (χ4n) is 3.67. The molecule has 1 saturated heterocycles. The minimum Gasteiger partial charge on any atom is -0.314 e. The summed E-state index contributed by atoms with van der Waals surface area (Å²) in [7, 11) is 1.92. The van der Waals surface area contributed by atoms with Crippen molar-refractivity contribution in [2.75, 3.05) is 13.1 Å². The maximum absolute atomic E-state index is 4.32. The third-order valence-electron chi connectivity index (χ3n) is 4.59. The maximum Gasteiger partial charge on any atom is 0.151 e. The Bertz CT molecular complexity index is 396. The summed E-state index contributed by atoms with van der Waals surface area (Å²) < 4.78 is 1.77. The van der Waals surface area contributed by atoms with Gasteiger partial charge in [0.25, 0.3) is 0 Å². The second-order valence-electron chi connectivity index (χ2n) is 5.94. The lowest BCUT2D eigenvalue weighted by Crippen LogP contribution is -2.42. The Morgan fingerprint density at radius 1 is 1.37 bits per heavy atom. The lowest BCUT2D eigenvalue weighted by Gasteiger charge is -2.26. The normalized spacial score (nSPS) is 31.1. The van der Waals surface area contributed by atoms with Crippen LogP contribution in [0.25, 0.3) is 0 Å². The molecule has 106 valence electrons. The molecule has 0 aromatic carbocycles. The minimum atomic E-state index is 0.694. The minimum absolute atomic E-state index is 0.694. The first-order valence-electron chi connectivity index (χ1n) is 7.64. The first-order valence-corrected chi connectivity index (χ1v) is 7.64. The Morgan fingerprint density at radius 2 is 2.32 bits per heavy atom. The topological polar surface area (TPSA) is 54.8 Å². The van der Waals surface area contributed by atoms with Gasteiger partial charge in [-0.05, 0) is 38.1 Å². The van der Waals surface area contributed by atoms with Gasteiger partial charge in [-0.1, -0.05) is 6.42 Å². The molecule has 1 aromatic rings. The van der Waals surface area contributed by atoms with E-state index in [1.54, 1.807) is 11.0 Å². The zero-order chi connectivity index (χ0) is 13.1. The zero-order valence-electron chi connectivity index (χ0n) is 11.8. The van der Waals surface area contributed by atoms with Gasteiger partial charge in [0.05, 0.1) is 0 Å². The van der Waals surface area contributed by atoms with Crippen LogP contribution in [-0.2, 0) is 13.5 Å². The van der Waals surface area contributed by atoms with Crippen molar-refractivity contribution in [3.8, 4) is 0 Å². The second-order valence-corrected chi connectivity index (χ2v) is 5.94. The average Bonchev–Trinajstić information content (AvgIpc) is 3.09. The molecular weight excluding hydrogens is 238 g/mol. The summed E-state index contributed by atoms with van der Waals surface area (Å²) in [5, 5.41) is 11.7. The fourth-order valence-corrected chi connectivity index (χ4v) is 3.67. The molecule has 5 heteroatoms. The molecule has 2 fully saturated rings. The summed E-state index contributed by atoms with van der Waals surface area (Å²) >= 11 is 0. The maximum atomic E-state index is 4.32. The molecule has 1 aliphatic heterocycles. The van der Waals surface area contributed by atoms with Crippen molar-refractivity contribution >= 4 is 0 Å². The number of nitrogens with one attached hydrogen (secondary N) is 2. The van der Waals surface area contributed by atoms with Crippen molar-refractivity contribution in [3.05, 3.63) is 12.2 Å². The van der Waals surface area contributed by atoms with E-state index >= 15 is 0 Å². The molecule has 0 amide bonds. The van der Waals surface area contributed by atoms with Crippen molar-refractivity contribution in [1.82, 2.24) is 25.4 Å². The van der Waals surface area contributed by atoms with Crippen LogP contribution in [0.3, 0.4) is 0 Å². The highest BCUT2D eigenvalue weighted by molar-refractivity contribution is 4.93. The molecule has 19 heavy (non-hydrogen) atoms. The summed E-state index contributed by atoms with van der Waals surface area (Å²) in [6.07, 6.45) is 9.52. The molecule has 0 radical (unpaired) electrons. The molecule has 0 spiro atoms. The van der Waals surface area contributed by atoms with E-state index in [9.17, 15) is 0 Å². The molecule has 3 atom stereocenters. The monoisotopic (exact) mass is 263 g/mol. The summed E-state index contributed by atoms with van der Waals surface area (Å²) in [5.74, 6) is 1.78. The molecule has 2 aliphatic rings. The zero-order valence-corrected chi connectivity index (χ0v) is 11.8. The highest BCUT2D eigenvalue weighted by atomic mass is 15.3. The van der Waals surface area contributed by atoms with Crippen LogP contribution in [-0.4, -0.2) is 39.9 Å². The highest BCUT2D eigenvalue weighted by Crippen LogP contribution is 2.31. The van der Waals surface area contributed by atoms with E-state index in [-0.39, 0.29) is 0 Å². The fraction of sp³-hybridized carbons (Fsp3) is 0.857. The van der Waals surface area contributed by atoms with Gasteiger partial charge in [-0.3, -0.25) is 4.68 Å². The van der Waals surface area contributed by atoms with Crippen molar-refractivity contribution in [3.63, 3.8) is 0 Å². The quantitative estimate of drug-likeness (QED) is 0.827. The summed E-state index contributed by atoms with van der Waals surface area (Å²) in [6.45, 7) is 2.21. The van der Waals surface area contributed by atoms with Crippen LogP contribution >= 0.6 is 0 Å². The number of nitrogens with zero attached hydrogens (tertiary/aromatic N) is 3. The van der Waals surface area contributed by atoms with Crippen LogP contribution in [0.15, 0.2) is 6.33 Å². The first kappa shape index (κ1) is 13.1. The van der Waals surface area contributed by atoms with Gasteiger partial charge in [0.15, 0.2) is 5.82 Å². The molecule has 2 heterocycles. The van der Waals surface area contributed by atoms with Crippen molar-refractivity contribution in [2.45, 2.75) is 50.6 Å². The molecular formula is C14H25N5. The highest BCUT2D eigenvalue weighted by Gasteiger charge is 2.34. The van der Waals surface area contributed by atoms with Crippen molar-refractivity contribution in [2.24, 2.45) is 13.0 Å². The summed E-state index contributed by atoms with van der Waals surface area (Å²) in [4.78, 5) is 4.28. The summed E-state index contributed by atoms with van der Waals surface area (Å²) in [5.41, 5.74) is 0. The number of aromatic nitrogens is 3. The van der Waals surface area contributed by atoms with Crippen LogP contribution in [0.5, 0.6) is 0 Å². The van der Waals surface area contributed by atoms with Crippen LogP contribution in [0.4, 0.5) is 0 Å². The Hall–Kier alpha value is -0.940. The van der Waals surface area contributed by atoms with Gasteiger partial charge >= 0.3 is 0 Å². The SMILES string of the molecule is Cn1cnc(CCNC2CCCC2C2CCCN2)n1. The van der Waals surface area contributed by atoms with Crippen molar-refractivity contribution in [1.29, 1.82) is 0 Å². The average molecular weight is 263 g/mol. The molecule has 3 rings (SSSR count). The number of hydrogen-bond acceptors (Lipinski definition) is 4. The molecule has 1 aliphatic carbocycles.